The lowest BCUT2D eigenvalue weighted by molar-refractivity contribution is -0.138. The van der Waals surface area contributed by atoms with Gasteiger partial charge in [0, 0.05) is 30.9 Å². The second-order valence-electron chi connectivity index (χ2n) is 6.91. The summed E-state index contributed by atoms with van der Waals surface area (Å²) in [6.07, 6.45) is 1.73. The predicted molar refractivity (Wildman–Crippen MR) is 85.3 cm³/mol. The number of hydrogen-bond acceptors (Lipinski definition) is 5. The maximum atomic E-state index is 12.4. The highest BCUT2D eigenvalue weighted by Gasteiger charge is 2.41. The molecule has 0 amide bonds. The maximum Gasteiger partial charge on any atom is 0.307 e. The van der Waals surface area contributed by atoms with Crippen LogP contribution in [0.3, 0.4) is 0 Å². The Morgan fingerprint density at radius 3 is 2.61 bits per heavy atom. The number of ether oxygens (including phenoxy) is 2. The molecule has 1 aliphatic carbocycles. The van der Waals surface area contributed by atoms with Crippen LogP contribution in [0, 0.1) is 0 Å². The minimum Gasteiger partial charge on any atom is -0.487 e. The summed E-state index contributed by atoms with van der Waals surface area (Å²) in [5.41, 5.74) is 1.57. The van der Waals surface area contributed by atoms with Crippen molar-refractivity contribution in [2.75, 3.05) is 0 Å². The summed E-state index contributed by atoms with van der Waals surface area (Å²) in [5, 5.41) is 10.1. The Kier molecular flexibility index (Phi) is 4.80. The van der Waals surface area contributed by atoms with Gasteiger partial charge in [-0.15, -0.1) is 0 Å². The van der Waals surface area contributed by atoms with Crippen LogP contribution in [0.1, 0.15) is 53.9 Å². The third kappa shape index (κ3) is 3.91. The molecule has 0 aromatic heterocycles. The van der Waals surface area contributed by atoms with Crippen LogP contribution in [0.15, 0.2) is 34.3 Å². The average Bonchev–Trinajstić information content (AvgIpc) is 2.39. The summed E-state index contributed by atoms with van der Waals surface area (Å²) < 4.78 is 11.4. The molecule has 1 N–H and O–H groups in total. The molecule has 1 aliphatic heterocycles. The summed E-state index contributed by atoms with van der Waals surface area (Å²) in [4.78, 5) is 23.8. The van der Waals surface area contributed by atoms with E-state index in [9.17, 15) is 14.7 Å². The first-order valence-corrected chi connectivity index (χ1v) is 7.79. The van der Waals surface area contributed by atoms with Crippen molar-refractivity contribution in [2.45, 2.75) is 65.6 Å². The number of Topliss-reactive ketones (excluding diaryl/α,β-unsaturated/α-hetero) is 1. The first-order chi connectivity index (χ1) is 10.6. The second kappa shape index (κ2) is 6.32. The van der Waals surface area contributed by atoms with Crippen LogP contribution in [0.5, 0.6) is 0 Å². The molecule has 23 heavy (non-hydrogen) atoms. The molecule has 2 rings (SSSR count). The van der Waals surface area contributed by atoms with Crippen LogP contribution in [0.25, 0.3) is 0 Å². The van der Waals surface area contributed by atoms with E-state index in [2.05, 4.69) is 0 Å². The number of rotatable bonds is 3. The molecule has 0 radical (unpaired) electrons. The van der Waals surface area contributed by atoms with Crippen LogP contribution in [-0.2, 0) is 19.1 Å². The Labute approximate surface area is 136 Å². The van der Waals surface area contributed by atoms with Crippen molar-refractivity contribution in [1.29, 1.82) is 0 Å². The minimum absolute atomic E-state index is 0.116. The third-order valence-electron chi connectivity index (χ3n) is 3.83. The number of ketones is 1. The molecule has 0 fully saturated rings. The molecule has 5 heteroatoms. The van der Waals surface area contributed by atoms with E-state index in [1.807, 2.05) is 33.8 Å². The van der Waals surface area contributed by atoms with Gasteiger partial charge in [-0.05, 0) is 34.1 Å². The molecule has 0 spiro atoms. The van der Waals surface area contributed by atoms with Crippen molar-refractivity contribution < 1.29 is 24.2 Å². The molecular weight excluding hydrogens is 296 g/mol. The fourth-order valence-electron chi connectivity index (χ4n) is 2.81. The highest BCUT2D eigenvalue weighted by Crippen LogP contribution is 2.42. The van der Waals surface area contributed by atoms with E-state index in [1.165, 1.54) is 6.92 Å². The maximum absolute atomic E-state index is 12.4. The molecule has 126 valence electrons. The standard InChI is InChI=1S/C18H24O5/c1-10(2)6-7-12-16(21)14(20)8-13-15(22-11(3)19)9-18(4,5)23-17(12)13/h6,14,20H,7-9H2,1-5H3/t14-/m0/s1. The smallest absolute Gasteiger partial charge is 0.307 e. The average molecular weight is 320 g/mol. The molecule has 1 atom stereocenters. The molecule has 1 heterocycles. The van der Waals surface area contributed by atoms with Crippen molar-refractivity contribution in [3.05, 3.63) is 34.3 Å². The van der Waals surface area contributed by atoms with Crippen molar-refractivity contribution in [3.8, 4) is 0 Å². The van der Waals surface area contributed by atoms with Crippen molar-refractivity contribution in [3.63, 3.8) is 0 Å². The van der Waals surface area contributed by atoms with Crippen LogP contribution in [0.4, 0.5) is 0 Å². The molecule has 5 nitrogen and oxygen atoms in total. The fraction of sp³-hybridized carbons (Fsp3) is 0.556. The van der Waals surface area contributed by atoms with E-state index >= 15 is 0 Å². The predicted octanol–water partition coefficient (Wildman–Crippen LogP) is 2.95. The highest BCUT2D eigenvalue weighted by atomic mass is 16.5. The Morgan fingerprint density at radius 2 is 2.04 bits per heavy atom. The molecule has 2 aliphatic rings. The lowest BCUT2D eigenvalue weighted by atomic mass is 9.83. The zero-order chi connectivity index (χ0) is 17.4. The van der Waals surface area contributed by atoms with Gasteiger partial charge in [-0.2, -0.15) is 0 Å². The fourth-order valence-corrected chi connectivity index (χ4v) is 2.81. The minimum atomic E-state index is -1.12. The zero-order valence-corrected chi connectivity index (χ0v) is 14.4. The van der Waals surface area contributed by atoms with E-state index in [-0.39, 0.29) is 12.2 Å². The normalized spacial score (nSPS) is 23.2. The number of carbonyl (C=O) groups is 2. The summed E-state index contributed by atoms with van der Waals surface area (Å²) in [6.45, 7) is 9.00. The van der Waals surface area contributed by atoms with Crippen molar-refractivity contribution >= 4 is 11.8 Å². The van der Waals surface area contributed by atoms with Crippen molar-refractivity contribution in [2.24, 2.45) is 0 Å². The van der Waals surface area contributed by atoms with Gasteiger partial charge in [0.2, 0.25) is 0 Å². The Balaban J connectivity index is 2.59. The molecule has 0 aromatic rings. The molecule has 0 saturated carbocycles. The lowest BCUT2D eigenvalue weighted by Gasteiger charge is -2.38. The van der Waals surface area contributed by atoms with E-state index in [0.717, 1.165) is 5.57 Å². The summed E-state index contributed by atoms with van der Waals surface area (Å²) in [7, 11) is 0. The van der Waals surface area contributed by atoms with Crippen molar-refractivity contribution in [1.82, 2.24) is 0 Å². The molecule has 0 saturated heterocycles. The van der Waals surface area contributed by atoms with Gasteiger partial charge in [0.25, 0.3) is 0 Å². The van der Waals surface area contributed by atoms with Gasteiger partial charge >= 0.3 is 5.97 Å². The molecule has 0 aromatic carbocycles. The highest BCUT2D eigenvalue weighted by molar-refractivity contribution is 6.01. The quantitative estimate of drug-likeness (QED) is 0.639. The van der Waals surface area contributed by atoms with E-state index in [4.69, 9.17) is 9.47 Å². The van der Waals surface area contributed by atoms with Gasteiger partial charge in [-0.3, -0.25) is 9.59 Å². The number of carbonyl (C=O) groups excluding carboxylic acids is 2. The van der Waals surface area contributed by atoms with Gasteiger partial charge in [-0.25, -0.2) is 0 Å². The first-order valence-electron chi connectivity index (χ1n) is 7.79. The van der Waals surface area contributed by atoms with Gasteiger partial charge in [-0.1, -0.05) is 11.6 Å². The Bertz CT molecular complexity index is 630. The van der Waals surface area contributed by atoms with Gasteiger partial charge in [0.1, 0.15) is 23.2 Å². The topological polar surface area (TPSA) is 72.8 Å². The van der Waals surface area contributed by atoms with E-state index in [1.54, 1.807) is 0 Å². The van der Waals surface area contributed by atoms with Gasteiger partial charge < -0.3 is 14.6 Å². The zero-order valence-electron chi connectivity index (χ0n) is 14.4. The van der Waals surface area contributed by atoms with Gasteiger partial charge in [0.05, 0.1) is 0 Å². The number of esters is 1. The number of allylic oxidation sites excluding steroid dienone is 3. The van der Waals surface area contributed by atoms with Crippen LogP contribution >= 0.6 is 0 Å². The van der Waals surface area contributed by atoms with E-state index in [0.29, 0.717) is 35.5 Å². The molecular formula is C18H24O5. The Morgan fingerprint density at radius 1 is 1.39 bits per heavy atom. The number of aliphatic hydroxyl groups is 1. The van der Waals surface area contributed by atoms with Gasteiger partial charge in [0.15, 0.2) is 5.78 Å². The molecule has 0 unspecified atom stereocenters. The monoisotopic (exact) mass is 320 g/mol. The number of hydrogen-bond donors (Lipinski definition) is 1. The van der Waals surface area contributed by atoms with Crippen LogP contribution in [0.2, 0.25) is 0 Å². The number of fused-ring (bicyclic) bond motifs is 1. The van der Waals surface area contributed by atoms with Crippen LogP contribution in [-0.4, -0.2) is 28.6 Å². The Hall–Kier alpha value is -1.88. The lowest BCUT2D eigenvalue weighted by Crippen LogP contribution is -2.38. The third-order valence-corrected chi connectivity index (χ3v) is 3.83. The van der Waals surface area contributed by atoms with E-state index < -0.39 is 17.7 Å². The summed E-state index contributed by atoms with van der Waals surface area (Å²) >= 11 is 0. The van der Waals surface area contributed by atoms with Crippen LogP contribution < -0.4 is 0 Å². The number of aliphatic hydroxyl groups excluding tert-OH is 1. The SMILES string of the molecule is CC(=O)OC1=C2C[C@H](O)C(=O)C(CC=C(C)C)=C2OC(C)(C)C1. The summed E-state index contributed by atoms with van der Waals surface area (Å²) in [5.74, 6) is 0.221. The second-order valence-corrected chi connectivity index (χ2v) is 6.91. The largest absolute Gasteiger partial charge is 0.487 e. The summed E-state index contributed by atoms with van der Waals surface area (Å²) in [6, 6.07) is 0. The first kappa shape index (κ1) is 17.5. The molecule has 0 bridgehead atoms.